The molecule has 0 aliphatic heterocycles. The van der Waals surface area contributed by atoms with Crippen LogP contribution in [0.15, 0.2) is 0 Å². The normalized spacial score (nSPS) is 18.7. The molecule has 1 aromatic rings. The summed E-state index contributed by atoms with van der Waals surface area (Å²) in [4.78, 5) is 24.2. The molecule has 0 aromatic carbocycles. The van der Waals surface area contributed by atoms with Crippen molar-refractivity contribution in [3.63, 3.8) is 0 Å². The summed E-state index contributed by atoms with van der Waals surface area (Å²) in [5.74, 6) is -0.795. The van der Waals surface area contributed by atoms with Crippen molar-refractivity contribution in [1.82, 2.24) is 5.32 Å². The third-order valence-corrected chi connectivity index (χ3v) is 5.14. The highest BCUT2D eigenvalue weighted by Gasteiger charge is 2.29. The molecule has 0 radical (unpaired) electrons. The van der Waals surface area contributed by atoms with Crippen LogP contribution in [0.3, 0.4) is 0 Å². The zero-order valence-corrected chi connectivity index (χ0v) is 12.6. The summed E-state index contributed by atoms with van der Waals surface area (Å²) < 4.78 is 0. The Balaban J connectivity index is 1.86. The minimum atomic E-state index is -0.588. The van der Waals surface area contributed by atoms with Crippen LogP contribution in [0.25, 0.3) is 0 Å². The van der Waals surface area contributed by atoms with Crippen molar-refractivity contribution in [2.45, 2.75) is 50.6 Å². The monoisotopic (exact) mass is 308 g/mol. The van der Waals surface area contributed by atoms with Gasteiger partial charge in [-0.25, -0.2) is 0 Å². The molecule has 2 amide bonds. The average molecular weight is 308 g/mol. The number of nitrogens with two attached hydrogens (primary N) is 2. The Morgan fingerprint density at radius 1 is 1.10 bits per heavy atom. The Morgan fingerprint density at radius 3 is 2.33 bits per heavy atom. The van der Waals surface area contributed by atoms with Crippen LogP contribution in [-0.2, 0) is 0 Å². The van der Waals surface area contributed by atoms with Crippen molar-refractivity contribution in [2.24, 2.45) is 5.73 Å². The first-order chi connectivity index (χ1) is 10.1. The summed E-state index contributed by atoms with van der Waals surface area (Å²) in [5, 5.41) is 6.86. The predicted molar refractivity (Wildman–Crippen MR) is 83.6 cm³/mol. The molecule has 114 valence electrons. The maximum absolute atomic E-state index is 12.2. The fourth-order valence-electron chi connectivity index (χ4n) is 2.69. The van der Waals surface area contributed by atoms with E-state index in [9.17, 15) is 9.59 Å². The number of amides is 2. The fraction of sp³-hybridized carbons (Fsp3) is 0.571. The number of thiophene rings is 1. The topological polar surface area (TPSA) is 110 Å². The van der Waals surface area contributed by atoms with Gasteiger partial charge in [0.25, 0.3) is 11.8 Å². The number of carbonyl (C=O) groups is 2. The van der Waals surface area contributed by atoms with E-state index in [0.29, 0.717) is 15.9 Å². The number of rotatable bonds is 5. The molecule has 7 heteroatoms. The number of carbonyl (C=O) groups excluding carboxylic acids is 2. The van der Waals surface area contributed by atoms with Gasteiger partial charge in [-0.2, -0.15) is 0 Å². The average Bonchev–Trinajstić information content (AvgIpc) is 2.97. The number of nitrogens with one attached hydrogen (secondary N) is 2. The third kappa shape index (κ3) is 2.97. The third-order valence-electron chi connectivity index (χ3n) is 4.00. The second kappa shape index (κ2) is 5.55. The van der Waals surface area contributed by atoms with Crippen molar-refractivity contribution >= 4 is 33.8 Å². The van der Waals surface area contributed by atoms with E-state index in [1.54, 1.807) is 0 Å². The van der Waals surface area contributed by atoms with Gasteiger partial charge in [0.15, 0.2) is 0 Å². The molecular formula is C14H20N4O2S. The summed E-state index contributed by atoms with van der Waals surface area (Å²) in [6, 6.07) is 0.586. The van der Waals surface area contributed by atoms with Crippen LogP contribution in [0.5, 0.6) is 0 Å². The van der Waals surface area contributed by atoms with E-state index in [4.69, 9.17) is 11.5 Å². The van der Waals surface area contributed by atoms with Gasteiger partial charge in [-0.05, 0) is 25.7 Å². The van der Waals surface area contributed by atoms with Gasteiger partial charge in [-0.3, -0.25) is 9.59 Å². The predicted octanol–water partition coefficient (Wildman–Crippen LogP) is 1.68. The van der Waals surface area contributed by atoms with Gasteiger partial charge < -0.3 is 22.1 Å². The Kier molecular flexibility index (Phi) is 3.75. The molecule has 2 aliphatic carbocycles. The molecule has 0 atom stereocenters. The number of hydrogen-bond donors (Lipinski definition) is 4. The van der Waals surface area contributed by atoms with Crippen LogP contribution in [0.4, 0.5) is 10.7 Å². The van der Waals surface area contributed by atoms with Crippen molar-refractivity contribution in [3.05, 3.63) is 10.4 Å². The van der Waals surface area contributed by atoms with Gasteiger partial charge in [0.1, 0.15) is 9.88 Å². The summed E-state index contributed by atoms with van der Waals surface area (Å²) in [6.45, 7) is 0. The zero-order valence-electron chi connectivity index (χ0n) is 11.8. The molecular weight excluding hydrogens is 288 g/mol. The van der Waals surface area contributed by atoms with Gasteiger partial charge in [0.2, 0.25) is 0 Å². The lowest BCUT2D eigenvalue weighted by Crippen LogP contribution is -2.25. The van der Waals surface area contributed by atoms with Crippen molar-refractivity contribution in [1.29, 1.82) is 0 Å². The molecule has 0 spiro atoms. The molecule has 2 saturated carbocycles. The SMILES string of the molecule is NC(=O)c1c(NC2CCCC2)sc(C(=O)NC2CC2)c1N. The molecule has 3 rings (SSSR count). The maximum Gasteiger partial charge on any atom is 0.263 e. The molecule has 0 unspecified atom stereocenters. The number of hydrogen-bond acceptors (Lipinski definition) is 5. The molecule has 6 N–H and O–H groups in total. The first-order valence-corrected chi connectivity index (χ1v) is 8.17. The molecule has 6 nitrogen and oxygen atoms in total. The Hall–Kier alpha value is -1.76. The molecule has 0 saturated heterocycles. The molecule has 1 heterocycles. The quantitative estimate of drug-likeness (QED) is 0.663. The van der Waals surface area contributed by atoms with Gasteiger partial charge in [0, 0.05) is 12.1 Å². The highest BCUT2D eigenvalue weighted by atomic mass is 32.1. The van der Waals surface area contributed by atoms with E-state index < -0.39 is 5.91 Å². The highest BCUT2D eigenvalue weighted by molar-refractivity contribution is 7.19. The fourth-order valence-corrected chi connectivity index (χ4v) is 3.80. The van der Waals surface area contributed by atoms with Crippen LogP contribution in [0, 0.1) is 0 Å². The van der Waals surface area contributed by atoms with E-state index in [-0.39, 0.29) is 23.2 Å². The van der Waals surface area contributed by atoms with E-state index in [1.165, 1.54) is 24.2 Å². The lowest BCUT2D eigenvalue weighted by atomic mass is 10.2. The maximum atomic E-state index is 12.2. The zero-order chi connectivity index (χ0) is 15.0. The Morgan fingerprint density at radius 2 is 1.76 bits per heavy atom. The highest BCUT2D eigenvalue weighted by Crippen LogP contribution is 2.37. The molecule has 1 aromatic heterocycles. The van der Waals surface area contributed by atoms with Crippen LogP contribution >= 0.6 is 11.3 Å². The standard InChI is InChI=1S/C14H20N4O2S/c15-10-9(12(16)19)14(18-7-3-1-2-4-7)21-11(10)13(20)17-8-5-6-8/h7-8,18H,1-6,15H2,(H2,16,19)(H,17,20). The molecule has 21 heavy (non-hydrogen) atoms. The van der Waals surface area contributed by atoms with E-state index in [0.717, 1.165) is 25.7 Å². The van der Waals surface area contributed by atoms with Crippen LogP contribution in [-0.4, -0.2) is 23.9 Å². The van der Waals surface area contributed by atoms with Gasteiger partial charge in [-0.1, -0.05) is 12.8 Å². The number of nitrogen functional groups attached to an aromatic ring is 1. The van der Waals surface area contributed by atoms with E-state index >= 15 is 0 Å². The minimum absolute atomic E-state index is 0.200. The molecule has 0 bridgehead atoms. The second-order valence-corrected chi connectivity index (χ2v) is 6.81. The molecule has 2 aliphatic rings. The lowest BCUT2D eigenvalue weighted by molar-refractivity contribution is 0.0955. The smallest absolute Gasteiger partial charge is 0.263 e. The molecule has 2 fully saturated rings. The summed E-state index contributed by atoms with van der Waals surface area (Å²) in [5.41, 5.74) is 11.9. The summed E-state index contributed by atoms with van der Waals surface area (Å²) >= 11 is 1.23. The van der Waals surface area contributed by atoms with Crippen molar-refractivity contribution in [2.75, 3.05) is 11.1 Å². The number of primary amides is 1. The summed E-state index contributed by atoms with van der Waals surface area (Å²) in [6.07, 6.45) is 6.51. The minimum Gasteiger partial charge on any atom is -0.397 e. The van der Waals surface area contributed by atoms with Crippen LogP contribution in [0.1, 0.15) is 58.6 Å². The van der Waals surface area contributed by atoms with E-state index in [2.05, 4.69) is 10.6 Å². The largest absolute Gasteiger partial charge is 0.397 e. The van der Waals surface area contributed by atoms with E-state index in [1.807, 2.05) is 0 Å². The first-order valence-electron chi connectivity index (χ1n) is 7.35. The van der Waals surface area contributed by atoms with Crippen molar-refractivity contribution < 1.29 is 9.59 Å². The summed E-state index contributed by atoms with van der Waals surface area (Å²) in [7, 11) is 0. The van der Waals surface area contributed by atoms with Crippen LogP contribution in [0.2, 0.25) is 0 Å². The van der Waals surface area contributed by atoms with Gasteiger partial charge in [0.05, 0.1) is 11.3 Å². The Labute approximate surface area is 127 Å². The first kappa shape index (κ1) is 14.2. The second-order valence-electron chi connectivity index (χ2n) is 5.79. The number of anilines is 2. The lowest BCUT2D eigenvalue weighted by Gasteiger charge is -2.12. The van der Waals surface area contributed by atoms with Gasteiger partial charge >= 0.3 is 0 Å². The Bertz CT molecular complexity index is 574. The van der Waals surface area contributed by atoms with Crippen LogP contribution < -0.4 is 22.1 Å². The van der Waals surface area contributed by atoms with Crippen molar-refractivity contribution in [3.8, 4) is 0 Å². The van der Waals surface area contributed by atoms with Gasteiger partial charge in [-0.15, -0.1) is 11.3 Å².